The molecule has 0 atom stereocenters. The first-order valence-electron chi connectivity index (χ1n) is 11.5. The molecule has 3 rings (SSSR count). The van der Waals surface area contributed by atoms with Gasteiger partial charge in [-0.25, -0.2) is 0 Å². The Balaban J connectivity index is 2.22. The van der Waals surface area contributed by atoms with Crippen molar-refractivity contribution < 1.29 is 0 Å². The molecular formula is C26H37B4NS. The molecule has 3 aromatic rings. The molecule has 1 aromatic heterocycles. The summed E-state index contributed by atoms with van der Waals surface area (Å²) in [5.41, 5.74) is 7.62. The van der Waals surface area contributed by atoms with Crippen molar-refractivity contribution in [3.8, 4) is 22.4 Å². The lowest BCUT2D eigenvalue weighted by Crippen LogP contribution is -2.45. The Kier molecular flexibility index (Phi) is 6.61. The van der Waals surface area contributed by atoms with Crippen molar-refractivity contribution in [2.75, 3.05) is 18.8 Å². The topological polar surface area (TPSA) is 12.9 Å². The average Bonchev–Trinajstić information content (AvgIpc) is 2.72. The molecule has 0 unspecified atom stereocenters. The van der Waals surface area contributed by atoms with Crippen molar-refractivity contribution in [3.63, 3.8) is 0 Å². The summed E-state index contributed by atoms with van der Waals surface area (Å²) in [6, 6.07) is 21.7. The number of benzene rings is 2. The van der Waals surface area contributed by atoms with Gasteiger partial charge in [0.1, 0.15) is 31.4 Å². The third kappa shape index (κ3) is 4.62. The van der Waals surface area contributed by atoms with Gasteiger partial charge >= 0.3 is 0 Å². The van der Waals surface area contributed by atoms with Crippen LogP contribution in [-0.2, 0) is 9.76 Å². The van der Waals surface area contributed by atoms with Crippen LogP contribution >= 0.6 is 10.0 Å². The van der Waals surface area contributed by atoms with E-state index in [2.05, 4.69) is 138 Å². The summed E-state index contributed by atoms with van der Waals surface area (Å²) in [5.74, 6) is 0. The van der Waals surface area contributed by atoms with Crippen LogP contribution in [0.2, 0.25) is 0 Å². The summed E-state index contributed by atoms with van der Waals surface area (Å²) < 4.78 is 0.0717. The number of nitrogens with zero attached hydrogens (tertiary/aromatic N) is 1. The molecule has 0 amide bonds. The maximum absolute atomic E-state index is 5.03. The number of aromatic nitrogens is 1. The Bertz CT molecular complexity index is 1100. The molecule has 0 fully saturated rings. The fraction of sp³-hybridized carbons (Fsp3) is 0.346. The van der Waals surface area contributed by atoms with Gasteiger partial charge in [-0.15, -0.1) is 0 Å². The number of pyridine rings is 1. The Hall–Kier alpha value is -1.80. The molecule has 0 aliphatic carbocycles. The number of hydrogen-bond acceptors (Lipinski definition) is 1. The molecule has 2 aromatic carbocycles. The normalized spacial score (nSPS) is 13.7. The van der Waals surface area contributed by atoms with Gasteiger partial charge in [-0.3, -0.25) is 15.0 Å². The van der Waals surface area contributed by atoms with Crippen molar-refractivity contribution in [2.45, 2.75) is 30.5 Å². The van der Waals surface area contributed by atoms with Gasteiger partial charge in [-0.05, 0) is 57.6 Å². The van der Waals surface area contributed by atoms with E-state index in [4.69, 9.17) is 4.98 Å². The maximum atomic E-state index is 5.03. The summed E-state index contributed by atoms with van der Waals surface area (Å²) in [6.45, 7) is 7.05. The first kappa shape index (κ1) is 24.8. The fourth-order valence-electron chi connectivity index (χ4n) is 3.83. The van der Waals surface area contributed by atoms with Crippen molar-refractivity contribution in [2.24, 2.45) is 5.41 Å². The molecule has 32 heavy (non-hydrogen) atoms. The summed E-state index contributed by atoms with van der Waals surface area (Å²) in [6.07, 6.45) is 9.42. The van der Waals surface area contributed by atoms with Crippen LogP contribution in [0.4, 0.5) is 0 Å². The summed E-state index contributed by atoms with van der Waals surface area (Å²) in [4.78, 5) is 5.03. The Morgan fingerprint density at radius 2 is 1.25 bits per heavy atom. The highest BCUT2D eigenvalue weighted by Crippen LogP contribution is 2.54. The minimum atomic E-state index is -0.844. The monoisotopic (exact) mass is 439 g/mol. The Labute approximate surface area is 201 Å². The lowest BCUT2D eigenvalue weighted by Gasteiger charge is -2.49. The van der Waals surface area contributed by atoms with E-state index in [1.54, 1.807) is 0 Å². The van der Waals surface area contributed by atoms with Crippen LogP contribution in [0, 0.1) is 5.41 Å². The predicted octanol–water partition coefficient (Wildman–Crippen LogP) is 2.95. The maximum Gasteiger partial charge on any atom is 0.115 e. The van der Waals surface area contributed by atoms with Crippen molar-refractivity contribution in [3.05, 3.63) is 78.0 Å². The minimum absolute atomic E-state index is 0.000969. The van der Waals surface area contributed by atoms with Crippen molar-refractivity contribution in [1.29, 1.82) is 0 Å². The number of hydrogen-bond donors (Lipinski definition) is 0. The quantitative estimate of drug-likeness (QED) is 0.558. The smallest absolute Gasteiger partial charge is 0.115 e. The minimum Gasteiger partial charge on any atom is -0.256 e. The second-order valence-electron chi connectivity index (χ2n) is 11.8. The third-order valence-electron chi connectivity index (χ3n) is 7.90. The Morgan fingerprint density at radius 1 is 0.688 bits per heavy atom. The zero-order valence-corrected chi connectivity index (χ0v) is 22.5. The van der Waals surface area contributed by atoms with Crippen molar-refractivity contribution >= 4 is 41.4 Å². The molecule has 0 saturated heterocycles. The molecule has 164 valence electrons. The molecule has 1 heterocycles. The Morgan fingerprint density at radius 3 is 1.81 bits per heavy atom. The molecule has 0 radical (unpaired) electrons. The van der Waals surface area contributed by atoms with Crippen molar-refractivity contribution in [1.82, 2.24) is 4.98 Å². The highest BCUT2D eigenvalue weighted by molar-refractivity contribution is 8.34. The van der Waals surface area contributed by atoms with E-state index in [9.17, 15) is 0 Å². The largest absolute Gasteiger partial charge is 0.256 e. The third-order valence-corrected chi connectivity index (χ3v) is 11.2. The molecule has 0 spiro atoms. The SMILES string of the molecule is BC(B)(c1cc(-c2cccc(-c3ccccc3)c2)ncc1C(B)(B)S(C)(C)C)C(C)(C)C. The van der Waals surface area contributed by atoms with Gasteiger partial charge < -0.3 is 0 Å². The zero-order valence-electron chi connectivity index (χ0n) is 21.7. The standard InChI is InChI=1S/C26H37B4NS/c1-24(2,3)25(27,28)21-16-23(31-17-22(21)26(29,30)32(4,5)6)20-14-10-13-19(15-20)18-11-8-7-9-12-18/h7-17H,27-30H2,1-6H3. The van der Waals surface area contributed by atoms with E-state index in [-0.39, 0.29) is 15.2 Å². The first-order valence-corrected chi connectivity index (χ1v) is 14.4. The van der Waals surface area contributed by atoms with Crippen LogP contribution in [0.15, 0.2) is 66.9 Å². The first-order chi connectivity index (χ1) is 14.7. The van der Waals surface area contributed by atoms with Gasteiger partial charge in [0.25, 0.3) is 0 Å². The van der Waals surface area contributed by atoms with E-state index in [1.165, 1.54) is 27.8 Å². The van der Waals surface area contributed by atoms with E-state index in [1.807, 2.05) is 0 Å². The molecular weight excluding hydrogens is 402 g/mol. The fourth-order valence-corrected chi connectivity index (χ4v) is 4.66. The van der Waals surface area contributed by atoms with Crippen LogP contribution in [0.25, 0.3) is 22.4 Å². The molecule has 0 aliphatic heterocycles. The van der Waals surface area contributed by atoms with Crippen LogP contribution < -0.4 is 0 Å². The van der Waals surface area contributed by atoms with Crippen LogP contribution in [0.5, 0.6) is 0 Å². The highest BCUT2D eigenvalue weighted by Gasteiger charge is 2.41. The lowest BCUT2D eigenvalue weighted by molar-refractivity contribution is 0.357. The van der Waals surface area contributed by atoms with Gasteiger partial charge in [0.15, 0.2) is 0 Å². The van der Waals surface area contributed by atoms with Gasteiger partial charge in [0.2, 0.25) is 0 Å². The van der Waals surface area contributed by atoms with Crippen LogP contribution in [0.1, 0.15) is 31.9 Å². The van der Waals surface area contributed by atoms with Gasteiger partial charge in [0, 0.05) is 11.8 Å². The average molecular weight is 439 g/mol. The molecule has 0 bridgehead atoms. The highest BCUT2D eigenvalue weighted by atomic mass is 32.3. The van der Waals surface area contributed by atoms with Gasteiger partial charge in [0.05, 0.1) is 5.69 Å². The summed E-state index contributed by atoms with van der Waals surface area (Å²) in [5, 5.41) is -0.000969. The molecule has 1 nitrogen and oxygen atoms in total. The zero-order chi connectivity index (χ0) is 23.9. The van der Waals surface area contributed by atoms with E-state index < -0.39 is 10.0 Å². The summed E-state index contributed by atoms with van der Waals surface area (Å²) >= 11 is 0. The lowest BCUT2D eigenvalue weighted by atomic mass is 9.39. The van der Waals surface area contributed by atoms with E-state index in [0.717, 1.165) is 5.69 Å². The van der Waals surface area contributed by atoms with E-state index in [0.29, 0.717) is 0 Å². The predicted molar refractivity (Wildman–Crippen MR) is 157 cm³/mol. The summed E-state index contributed by atoms with van der Waals surface area (Å²) in [7, 11) is 8.74. The van der Waals surface area contributed by atoms with Gasteiger partial charge in [-0.2, -0.15) is 0 Å². The molecule has 0 aliphatic rings. The second-order valence-corrected chi connectivity index (χ2v) is 16.5. The van der Waals surface area contributed by atoms with Crippen LogP contribution in [-0.4, -0.2) is 55.1 Å². The molecule has 6 heteroatoms. The number of rotatable bonds is 5. The van der Waals surface area contributed by atoms with Crippen LogP contribution in [0.3, 0.4) is 0 Å². The molecule has 0 N–H and O–H groups in total. The van der Waals surface area contributed by atoms with Gasteiger partial charge in [-0.1, -0.05) is 80.1 Å². The second kappa shape index (κ2) is 8.52. The molecule has 0 saturated carbocycles. The van der Waals surface area contributed by atoms with E-state index >= 15 is 0 Å².